The van der Waals surface area contributed by atoms with E-state index < -0.39 is 23.1 Å². The fourth-order valence-electron chi connectivity index (χ4n) is 3.76. The van der Waals surface area contributed by atoms with Crippen molar-refractivity contribution in [3.8, 4) is 23.0 Å². The average Bonchev–Trinajstić information content (AvgIpc) is 2.78. The van der Waals surface area contributed by atoms with Gasteiger partial charge in [0.15, 0.2) is 11.5 Å². The second-order valence-electron chi connectivity index (χ2n) is 7.79. The van der Waals surface area contributed by atoms with Gasteiger partial charge in [0.05, 0.1) is 17.6 Å². The molecule has 34 heavy (non-hydrogen) atoms. The summed E-state index contributed by atoms with van der Waals surface area (Å²) in [6.07, 6.45) is -3.38. The molecule has 0 saturated heterocycles. The molecule has 0 aliphatic carbocycles. The van der Waals surface area contributed by atoms with Crippen LogP contribution in [0.5, 0.6) is 23.0 Å². The number of rotatable bonds is 10. The van der Waals surface area contributed by atoms with Crippen LogP contribution in [-0.4, -0.2) is 29.7 Å². The van der Waals surface area contributed by atoms with Gasteiger partial charge < -0.3 is 19.0 Å². The molecule has 2 aromatic carbocycles. The molecule has 0 aliphatic heterocycles. The van der Waals surface area contributed by atoms with Crippen LogP contribution in [0.1, 0.15) is 44.9 Å². The third kappa shape index (κ3) is 5.47. The van der Waals surface area contributed by atoms with E-state index in [0.29, 0.717) is 13.1 Å². The van der Waals surface area contributed by atoms with Gasteiger partial charge in [0.25, 0.3) is 5.76 Å². The lowest BCUT2D eigenvalue weighted by atomic mass is 10.1. The zero-order chi connectivity index (χ0) is 24.9. The van der Waals surface area contributed by atoms with E-state index in [1.807, 2.05) is 18.7 Å². The molecule has 0 spiro atoms. The maximum atomic E-state index is 14.0. The lowest BCUT2D eigenvalue weighted by Gasteiger charge is -2.22. The van der Waals surface area contributed by atoms with Gasteiger partial charge in [0.2, 0.25) is 11.2 Å². The fraction of sp³-hybridized carbons (Fsp3) is 0.400. The average molecular weight is 479 g/mol. The Hall–Kier alpha value is -3.20. The molecule has 9 heteroatoms. The van der Waals surface area contributed by atoms with E-state index in [9.17, 15) is 23.1 Å². The van der Waals surface area contributed by atoms with Crippen molar-refractivity contribution < 1.29 is 32.2 Å². The number of fused-ring (bicyclic) bond motifs is 1. The van der Waals surface area contributed by atoms with Crippen LogP contribution in [0.2, 0.25) is 0 Å². The van der Waals surface area contributed by atoms with E-state index in [1.54, 1.807) is 19.1 Å². The Morgan fingerprint density at radius 2 is 1.65 bits per heavy atom. The minimum absolute atomic E-state index is 0.0439. The number of alkyl halides is 3. The Morgan fingerprint density at radius 3 is 2.24 bits per heavy atom. The first-order valence-electron chi connectivity index (χ1n) is 11.2. The number of hydrogen-bond acceptors (Lipinski definition) is 6. The van der Waals surface area contributed by atoms with E-state index >= 15 is 0 Å². The Kier molecular flexibility index (Phi) is 8.09. The summed E-state index contributed by atoms with van der Waals surface area (Å²) in [5, 5.41) is 10.3. The molecule has 0 bridgehead atoms. The van der Waals surface area contributed by atoms with Crippen LogP contribution in [0.15, 0.2) is 45.6 Å². The highest BCUT2D eigenvalue weighted by Gasteiger charge is 2.41. The molecule has 3 aromatic rings. The number of halogens is 3. The maximum Gasteiger partial charge on any atom is 0.453 e. The summed E-state index contributed by atoms with van der Waals surface area (Å²) in [5.41, 5.74) is -1.16. The third-order valence-corrected chi connectivity index (χ3v) is 5.18. The molecular formula is C25H28F3NO5. The molecule has 0 saturated carbocycles. The summed E-state index contributed by atoms with van der Waals surface area (Å²) in [5.74, 6) is -2.64. The van der Waals surface area contributed by atoms with Crippen LogP contribution in [0.25, 0.3) is 11.0 Å². The molecule has 3 rings (SSSR count). The number of ether oxygens (including phenoxy) is 2. The summed E-state index contributed by atoms with van der Waals surface area (Å²) < 4.78 is 58.3. The highest BCUT2D eigenvalue weighted by atomic mass is 19.4. The van der Waals surface area contributed by atoms with Crippen molar-refractivity contribution in [2.24, 2.45) is 0 Å². The van der Waals surface area contributed by atoms with Gasteiger partial charge in [-0.2, -0.15) is 13.2 Å². The molecular weight excluding hydrogens is 451 g/mol. The standard InChI is InChI=1S/C25H28F3NO5/c1-4-13-29(14-5-2)15-17-18(30)12-11-16-21(31)23(24(25(26,27)28)34-22(16)17)33-20-10-8-7-9-19(20)32-6-3/h7-12,30H,4-6,13-15H2,1-3H3. The molecule has 0 radical (unpaired) electrons. The molecule has 0 atom stereocenters. The first-order chi connectivity index (χ1) is 16.2. The largest absolute Gasteiger partial charge is 0.507 e. The lowest BCUT2D eigenvalue weighted by Crippen LogP contribution is -2.25. The van der Waals surface area contributed by atoms with E-state index in [2.05, 4.69) is 0 Å². The van der Waals surface area contributed by atoms with E-state index in [1.165, 1.54) is 24.3 Å². The van der Waals surface area contributed by atoms with E-state index in [0.717, 1.165) is 12.8 Å². The molecule has 0 unspecified atom stereocenters. The van der Waals surface area contributed by atoms with Crippen LogP contribution >= 0.6 is 0 Å². The minimum Gasteiger partial charge on any atom is -0.507 e. The number of phenols is 1. The van der Waals surface area contributed by atoms with Crippen molar-refractivity contribution in [3.63, 3.8) is 0 Å². The van der Waals surface area contributed by atoms with Gasteiger partial charge in [-0.05, 0) is 57.1 Å². The molecule has 0 aliphatic rings. The van der Waals surface area contributed by atoms with Crippen LogP contribution < -0.4 is 14.9 Å². The number of para-hydroxylation sites is 2. The van der Waals surface area contributed by atoms with Gasteiger partial charge in [0, 0.05) is 6.54 Å². The predicted molar refractivity (Wildman–Crippen MR) is 123 cm³/mol. The van der Waals surface area contributed by atoms with Crippen LogP contribution in [0, 0.1) is 0 Å². The van der Waals surface area contributed by atoms with Crippen LogP contribution in [0.4, 0.5) is 13.2 Å². The zero-order valence-corrected chi connectivity index (χ0v) is 19.4. The summed E-state index contributed by atoms with van der Waals surface area (Å²) in [7, 11) is 0. The zero-order valence-electron chi connectivity index (χ0n) is 19.4. The van der Waals surface area contributed by atoms with Crippen LogP contribution in [0.3, 0.4) is 0 Å². The Bertz CT molecular complexity index is 1180. The fourth-order valence-corrected chi connectivity index (χ4v) is 3.76. The van der Waals surface area contributed by atoms with Crippen molar-refractivity contribution in [2.75, 3.05) is 19.7 Å². The summed E-state index contributed by atoms with van der Waals surface area (Å²) in [6, 6.07) is 8.66. The predicted octanol–water partition coefficient (Wildman–Crippen LogP) is 6.33. The highest BCUT2D eigenvalue weighted by molar-refractivity contribution is 5.83. The molecule has 184 valence electrons. The van der Waals surface area contributed by atoms with Gasteiger partial charge >= 0.3 is 6.18 Å². The normalized spacial score (nSPS) is 11.9. The summed E-state index contributed by atoms with van der Waals surface area (Å²) in [4.78, 5) is 15.2. The second-order valence-corrected chi connectivity index (χ2v) is 7.79. The molecule has 6 nitrogen and oxygen atoms in total. The Morgan fingerprint density at radius 1 is 1.00 bits per heavy atom. The van der Waals surface area contributed by atoms with Gasteiger partial charge in [0.1, 0.15) is 11.3 Å². The van der Waals surface area contributed by atoms with Crippen molar-refractivity contribution in [1.29, 1.82) is 0 Å². The van der Waals surface area contributed by atoms with Crippen LogP contribution in [-0.2, 0) is 12.7 Å². The molecule has 0 amide bonds. The van der Waals surface area contributed by atoms with E-state index in [-0.39, 0.29) is 46.9 Å². The Labute approximate surface area is 195 Å². The quantitative estimate of drug-likeness (QED) is 0.366. The van der Waals surface area contributed by atoms with Gasteiger partial charge in [-0.15, -0.1) is 0 Å². The van der Waals surface area contributed by atoms with E-state index in [4.69, 9.17) is 13.9 Å². The van der Waals surface area contributed by atoms with Crippen molar-refractivity contribution in [2.45, 2.75) is 46.3 Å². The summed E-state index contributed by atoms with van der Waals surface area (Å²) in [6.45, 7) is 7.43. The summed E-state index contributed by atoms with van der Waals surface area (Å²) >= 11 is 0. The highest BCUT2D eigenvalue weighted by Crippen LogP contribution is 2.41. The molecule has 1 N–H and O–H groups in total. The first kappa shape index (κ1) is 25.4. The number of hydrogen-bond donors (Lipinski definition) is 1. The molecule has 0 fully saturated rings. The maximum absolute atomic E-state index is 14.0. The smallest absolute Gasteiger partial charge is 0.453 e. The molecule has 1 heterocycles. The van der Waals surface area contributed by atoms with Gasteiger partial charge in [-0.25, -0.2) is 0 Å². The number of phenolic OH excluding ortho intramolecular Hbond substituents is 1. The monoisotopic (exact) mass is 479 g/mol. The van der Waals surface area contributed by atoms with Crippen molar-refractivity contribution in [3.05, 3.63) is 57.9 Å². The van der Waals surface area contributed by atoms with Crippen molar-refractivity contribution >= 4 is 11.0 Å². The Balaban J connectivity index is 2.22. The van der Waals surface area contributed by atoms with Gasteiger partial charge in [-0.3, -0.25) is 9.69 Å². The number of aromatic hydroxyl groups is 1. The number of nitrogens with zero attached hydrogens (tertiary/aromatic N) is 1. The third-order valence-electron chi connectivity index (χ3n) is 5.18. The lowest BCUT2D eigenvalue weighted by molar-refractivity contribution is -0.154. The SMILES string of the molecule is CCCN(CCC)Cc1c(O)ccc2c(=O)c(Oc3ccccc3OCC)c(C(F)(F)F)oc12. The minimum atomic E-state index is -5.02. The second kappa shape index (κ2) is 10.8. The van der Waals surface area contributed by atoms with Crippen molar-refractivity contribution in [1.82, 2.24) is 4.90 Å². The molecule has 1 aromatic heterocycles. The van der Waals surface area contributed by atoms with Gasteiger partial charge in [-0.1, -0.05) is 26.0 Å². The first-order valence-corrected chi connectivity index (χ1v) is 11.2. The topological polar surface area (TPSA) is 72.1 Å². The number of benzene rings is 2.